The minimum Gasteiger partial charge on any atom is 2.00 e. The van der Waals surface area contributed by atoms with Gasteiger partial charge >= 0.3 is 53.8 Å². The Hall–Kier alpha value is 1.76. The van der Waals surface area contributed by atoms with Crippen molar-refractivity contribution in [1.82, 2.24) is 0 Å². The maximum atomic E-state index is 4.76. The second kappa shape index (κ2) is 8.83. The smallest absolute Gasteiger partial charge is 2.00 e. The van der Waals surface area contributed by atoms with Gasteiger partial charge in [0.25, 0.3) is 0 Å². The van der Waals surface area contributed by atoms with Crippen molar-refractivity contribution in [1.29, 1.82) is 0 Å². The zero-order valence-electron chi connectivity index (χ0n) is 1.43. The van der Waals surface area contributed by atoms with E-state index >= 15 is 0 Å². The second-order valence-corrected chi connectivity index (χ2v) is 1.87. The summed E-state index contributed by atoms with van der Waals surface area (Å²) >= 11 is 0.194. The Labute approximate surface area is 53.5 Å². The first-order valence-electron chi connectivity index (χ1n) is 0.267. The van der Waals surface area contributed by atoms with Gasteiger partial charge in [0.1, 0.15) is 0 Å². The third-order valence-corrected chi connectivity index (χ3v) is 0. The van der Waals surface area contributed by atoms with Crippen LogP contribution >= 0.6 is 20.2 Å². The summed E-state index contributed by atoms with van der Waals surface area (Å²) in [6, 6.07) is 0. The van der Waals surface area contributed by atoms with Crippen molar-refractivity contribution in [2.45, 2.75) is 0 Å². The minimum absolute atomic E-state index is 0. The van der Waals surface area contributed by atoms with Gasteiger partial charge in [0.05, 0.1) is 0 Å². The van der Waals surface area contributed by atoms with Crippen molar-refractivity contribution in [2.75, 3.05) is 0 Å². The maximum Gasteiger partial charge on any atom is 2.00 e. The quantitative estimate of drug-likeness (QED) is 0.554. The molecule has 0 aliphatic carbocycles. The van der Waals surface area contributed by atoms with Crippen molar-refractivity contribution >= 4 is 20.2 Å². The molecule has 29 valence electrons. The van der Waals surface area contributed by atoms with Gasteiger partial charge in [0, 0.05) is 0 Å². The SMILES string of the molecule is [Cl][Fe+][Cl].[Pd+2]. The Morgan fingerprint density at radius 1 is 1.25 bits per heavy atom. The van der Waals surface area contributed by atoms with Crippen LogP contribution in [0.15, 0.2) is 0 Å². The molecule has 0 fully saturated rings. The molecule has 0 rings (SSSR count). The summed E-state index contributed by atoms with van der Waals surface area (Å²) < 4.78 is 0. The molecule has 0 radical (unpaired) electrons. The molecule has 0 nitrogen and oxygen atoms in total. The van der Waals surface area contributed by atoms with Crippen LogP contribution in [0.25, 0.3) is 0 Å². The van der Waals surface area contributed by atoms with Crippen LogP contribution in [0.5, 0.6) is 0 Å². The molecule has 0 aromatic carbocycles. The Kier molecular flexibility index (Phi) is 20.4. The van der Waals surface area contributed by atoms with Crippen LogP contribution in [0.3, 0.4) is 0 Å². The van der Waals surface area contributed by atoms with E-state index in [1.807, 2.05) is 0 Å². The number of halogens is 2. The van der Waals surface area contributed by atoms with Crippen molar-refractivity contribution in [3.63, 3.8) is 0 Å². The van der Waals surface area contributed by atoms with E-state index < -0.39 is 0 Å². The molecular weight excluding hydrogens is 233 g/mol. The van der Waals surface area contributed by atoms with Gasteiger partial charge in [-0.3, -0.25) is 0 Å². The number of rotatable bonds is 0. The monoisotopic (exact) mass is 232 g/mol. The molecule has 0 unspecified atom stereocenters. The molecule has 0 aromatic rings. The van der Waals surface area contributed by atoms with Crippen LogP contribution < -0.4 is 0 Å². The summed E-state index contributed by atoms with van der Waals surface area (Å²) in [5.74, 6) is 0. The Bertz CT molecular complexity index is 6.00. The van der Waals surface area contributed by atoms with Gasteiger partial charge in [-0.1, -0.05) is 0 Å². The van der Waals surface area contributed by atoms with Gasteiger partial charge < -0.3 is 0 Å². The zero-order chi connectivity index (χ0) is 2.71. The van der Waals surface area contributed by atoms with E-state index in [-0.39, 0.29) is 33.6 Å². The van der Waals surface area contributed by atoms with E-state index in [9.17, 15) is 0 Å². The van der Waals surface area contributed by atoms with E-state index in [0.29, 0.717) is 0 Å². The summed E-state index contributed by atoms with van der Waals surface area (Å²) in [5.41, 5.74) is 0. The molecule has 0 aliphatic heterocycles. The van der Waals surface area contributed by atoms with Crippen molar-refractivity contribution in [3.05, 3.63) is 0 Å². The van der Waals surface area contributed by atoms with E-state index in [4.69, 9.17) is 20.2 Å². The fraction of sp³-hybridized carbons (Fsp3) is 0. The van der Waals surface area contributed by atoms with Gasteiger partial charge in [-0.25, -0.2) is 0 Å². The third kappa shape index (κ3) is 9.24. The van der Waals surface area contributed by atoms with Gasteiger partial charge in [-0.05, 0) is 0 Å². The number of hydrogen-bond donors (Lipinski definition) is 0. The van der Waals surface area contributed by atoms with Crippen LogP contribution in [-0.4, -0.2) is 0 Å². The van der Waals surface area contributed by atoms with Crippen molar-refractivity contribution < 1.29 is 33.6 Å². The fourth-order valence-electron chi connectivity index (χ4n) is 0. The standard InChI is InChI=1S/2ClH.Fe.Pd/h2*1H;;/q;;+3;+2/p-2. The average Bonchev–Trinajstić information content (AvgIpc) is 0.918. The van der Waals surface area contributed by atoms with E-state index in [1.165, 1.54) is 0 Å². The van der Waals surface area contributed by atoms with Gasteiger partial charge in [0.15, 0.2) is 0 Å². The van der Waals surface area contributed by atoms with Gasteiger partial charge in [0.2, 0.25) is 0 Å². The largest absolute Gasteiger partial charge is 2.00 e. The van der Waals surface area contributed by atoms with E-state index in [1.54, 1.807) is 0 Å². The molecule has 0 aromatic heterocycles. The van der Waals surface area contributed by atoms with Gasteiger partial charge in [-0.2, -0.15) is 0 Å². The summed E-state index contributed by atoms with van der Waals surface area (Å²) in [5, 5.41) is 0. The zero-order valence-corrected chi connectivity index (χ0v) is 5.60. The fourth-order valence-corrected chi connectivity index (χ4v) is 0. The molecule has 0 spiro atoms. The Balaban J connectivity index is 0. The molecule has 0 saturated heterocycles. The first-order valence-corrected chi connectivity index (χ1v) is 3.31. The average molecular weight is 233 g/mol. The van der Waals surface area contributed by atoms with Crippen LogP contribution in [0, 0.1) is 0 Å². The summed E-state index contributed by atoms with van der Waals surface area (Å²) in [4.78, 5) is 0. The number of hydrogen-bond acceptors (Lipinski definition) is 0. The minimum atomic E-state index is 0. The van der Waals surface area contributed by atoms with Crippen molar-refractivity contribution in [2.24, 2.45) is 0 Å². The maximum absolute atomic E-state index is 4.76. The molecule has 0 heterocycles. The normalized spacial score (nSPS) is 4.50. The molecule has 0 bridgehead atoms. The molecule has 4 heavy (non-hydrogen) atoms. The first kappa shape index (κ1) is 9.23. The molecular formula is Cl2FePd+3. The predicted molar refractivity (Wildman–Crippen MR) is 11.7 cm³/mol. The van der Waals surface area contributed by atoms with Crippen LogP contribution in [0.4, 0.5) is 0 Å². The molecule has 0 atom stereocenters. The summed E-state index contributed by atoms with van der Waals surface area (Å²) in [6.07, 6.45) is 0. The summed E-state index contributed by atoms with van der Waals surface area (Å²) in [6.45, 7) is 0. The topological polar surface area (TPSA) is 0 Å². The Morgan fingerprint density at radius 2 is 1.25 bits per heavy atom. The van der Waals surface area contributed by atoms with Crippen molar-refractivity contribution in [3.8, 4) is 0 Å². The molecule has 0 N–H and O–H groups in total. The summed E-state index contributed by atoms with van der Waals surface area (Å²) in [7, 11) is 9.53. The van der Waals surface area contributed by atoms with Crippen LogP contribution in [0.2, 0.25) is 0 Å². The predicted octanol–water partition coefficient (Wildman–Crippen LogP) is 1.37. The first-order chi connectivity index (χ1) is 1.41. The third-order valence-electron chi connectivity index (χ3n) is 0. The van der Waals surface area contributed by atoms with Gasteiger partial charge in [-0.15, -0.1) is 0 Å². The van der Waals surface area contributed by atoms with E-state index in [2.05, 4.69) is 0 Å². The van der Waals surface area contributed by atoms with Crippen LogP contribution in [0.1, 0.15) is 0 Å². The van der Waals surface area contributed by atoms with E-state index in [0.717, 1.165) is 0 Å². The molecule has 0 amide bonds. The molecule has 4 heteroatoms. The molecule has 0 aliphatic rings. The van der Waals surface area contributed by atoms with Crippen LogP contribution in [-0.2, 0) is 33.6 Å². The molecule has 0 saturated carbocycles. The second-order valence-electron chi connectivity index (χ2n) is 0.0505. The Morgan fingerprint density at radius 3 is 1.25 bits per heavy atom.